The molecule has 6 heteroatoms. The zero-order valence-electron chi connectivity index (χ0n) is 9.59. The Morgan fingerprint density at radius 2 is 0.889 bits per heavy atom. The summed E-state index contributed by atoms with van der Waals surface area (Å²) in [4.78, 5) is 0. The molecule has 0 unspecified atom stereocenters. The Bertz CT molecular complexity index is 419. The van der Waals surface area contributed by atoms with Crippen molar-refractivity contribution in [3.05, 3.63) is 60.7 Å². The van der Waals surface area contributed by atoms with Gasteiger partial charge in [0.1, 0.15) is 0 Å². The minimum Gasteiger partial charge on any atom is -0.402 e. The molecule has 0 aromatic heterocycles. The number of rotatable bonds is 2. The van der Waals surface area contributed by atoms with Gasteiger partial charge >= 0.3 is 7.32 Å². The van der Waals surface area contributed by atoms with Crippen LogP contribution in [0.25, 0.3) is 0 Å². The maximum absolute atomic E-state index is 7.17. The summed E-state index contributed by atoms with van der Waals surface area (Å²) in [7, 11) is -2.17. The Kier molecular flexibility index (Phi) is 6.35. The van der Waals surface area contributed by atoms with E-state index in [9.17, 15) is 0 Å². The van der Waals surface area contributed by atoms with Crippen LogP contribution in [0.2, 0.25) is 0 Å². The highest BCUT2D eigenvalue weighted by atomic mass is 16.5. The summed E-state index contributed by atoms with van der Waals surface area (Å²) >= 11 is 0. The van der Waals surface area contributed by atoms with Crippen LogP contribution in [0.15, 0.2) is 70.9 Å². The summed E-state index contributed by atoms with van der Waals surface area (Å²) < 4.78 is 0. The lowest BCUT2D eigenvalue weighted by molar-refractivity contribution is 0.278. The smallest absolute Gasteiger partial charge is 0.402 e. The van der Waals surface area contributed by atoms with Crippen molar-refractivity contribution in [3.63, 3.8) is 0 Å². The van der Waals surface area contributed by atoms with Crippen LogP contribution in [-0.2, 0) is 0 Å². The standard InChI is InChI=1S/C12H10N2.BH3O3/c1-3-7-11(8-4-1)13-14-12-9-5-2-6-10-12;2-1(3)4/h1-10H;2-4H. The second kappa shape index (κ2) is 8.13. The van der Waals surface area contributed by atoms with Crippen molar-refractivity contribution < 1.29 is 15.1 Å². The summed E-state index contributed by atoms with van der Waals surface area (Å²) in [6.07, 6.45) is 0. The second-order valence-corrected chi connectivity index (χ2v) is 3.22. The molecule has 92 valence electrons. The van der Waals surface area contributed by atoms with E-state index in [1.54, 1.807) is 0 Å². The molecule has 5 nitrogen and oxygen atoms in total. The van der Waals surface area contributed by atoms with Crippen LogP contribution in [-0.4, -0.2) is 22.4 Å². The van der Waals surface area contributed by atoms with E-state index in [0.29, 0.717) is 0 Å². The molecule has 0 aliphatic carbocycles. The first kappa shape index (κ1) is 14.0. The Morgan fingerprint density at radius 1 is 0.611 bits per heavy atom. The van der Waals surface area contributed by atoms with Crippen molar-refractivity contribution in [1.82, 2.24) is 0 Å². The lowest BCUT2D eigenvalue weighted by Gasteiger charge is -1.91. The highest BCUT2D eigenvalue weighted by Crippen LogP contribution is 2.16. The van der Waals surface area contributed by atoms with Crippen LogP contribution in [0.3, 0.4) is 0 Å². The molecule has 0 aliphatic heterocycles. The van der Waals surface area contributed by atoms with Gasteiger partial charge < -0.3 is 15.1 Å². The summed E-state index contributed by atoms with van der Waals surface area (Å²) in [6, 6.07) is 19.4. The van der Waals surface area contributed by atoms with E-state index >= 15 is 0 Å². The highest BCUT2D eigenvalue weighted by Gasteiger charge is 1.92. The van der Waals surface area contributed by atoms with Gasteiger partial charge in [-0.1, -0.05) is 36.4 Å². The third-order valence-electron chi connectivity index (χ3n) is 1.79. The Morgan fingerprint density at radius 3 is 1.17 bits per heavy atom. The Labute approximate surface area is 105 Å². The molecular weight excluding hydrogens is 231 g/mol. The zero-order valence-corrected chi connectivity index (χ0v) is 9.59. The molecule has 0 saturated heterocycles. The molecule has 0 aliphatic rings. The van der Waals surface area contributed by atoms with Crippen LogP contribution in [0, 0.1) is 0 Å². The lowest BCUT2D eigenvalue weighted by Crippen LogP contribution is -2.07. The maximum Gasteiger partial charge on any atom is 0.631 e. The number of hydrogen-bond acceptors (Lipinski definition) is 5. The quantitative estimate of drug-likeness (QED) is 0.558. The molecule has 0 saturated carbocycles. The van der Waals surface area contributed by atoms with E-state index in [1.165, 1.54) is 0 Å². The Hall–Kier alpha value is -2.02. The predicted octanol–water partition coefficient (Wildman–Crippen LogP) is 2.05. The first-order valence-electron chi connectivity index (χ1n) is 5.24. The van der Waals surface area contributed by atoms with Gasteiger partial charge in [0, 0.05) is 0 Å². The van der Waals surface area contributed by atoms with Gasteiger partial charge in [0.25, 0.3) is 0 Å². The number of azo groups is 1. The summed E-state index contributed by atoms with van der Waals surface area (Å²) in [5.74, 6) is 0. The molecule has 3 N–H and O–H groups in total. The van der Waals surface area contributed by atoms with Gasteiger partial charge in [-0.3, -0.25) is 0 Å². The molecule has 2 rings (SSSR count). The largest absolute Gasteiger partial charge is 0.631 e. The second-order valence-electron chi connectivity index (χ2n) is 3.22. The summed E-state index contributed by atoms with van der Waals surface area (Å²) in [5.41, 5.74) is 1.74. The predicted molar refractivity (Wildman–Crippen MR) is 69.5 cm³/mol. The van der Waals surface area contributed by atoms with Crippen molar-refractivity contribution >= 4 is 18.7 Å². The van der Waals surface area contributed by atoms with Gasteiger partial charge in [0.2, 0.25) is 0 Å². The van der Waals surface area contributed by atoms with Crippen molar-refractivity contribution in [3.8, 4) is 0 Å². The minimum atomic E-state index is -2.17. The molecule has 0 fully saturated rings. The Balaban J connectivity index is 0.000000357. The lowest BCUT2D eigenvalue weighted by atomic mass is 10.3. The zero-order chi connectivity index (χ0) is 13.2. The van der Waals surface area contributed by atoms with Gasteiger partial charge in [0.15, 0.2) is 0 Å². The van der Waals surface area contributed by atoms with Crippen molar-refractivity contribution in [2.45, 2.75) is 0 Å². The number of hydrogen-bond donors (Lipinski definition) is 3. The van der Waals surface area contributed by atoms with Gasteiger partial charge in [0.05, 0.1) is 11.4 Å². The minimum absolute atomic E-state index is 0.872. The van der Waals surface area contributed by atoms with Gasteiger partial charge in [-0.2, -0.15) is 10.2 Å². The van der Waals surface area contributed by atoms with Gasteiger partial charge in [-0.25, -0.2) is 0 Å². The number of nitrogens with zero attached hydrogens (tertiary/aromatic N) is 2. The fourth-order valence-electron chi connectivity index (χ4n) is 1.10. The molecule has 2 aromatic rings. The van der Waals surface area contributed by atoms with Gasteiger partial charge in [-0.05, 0) is 24.3 Å². The van der Waals surface area contributed by atoms with E-state index in [-0.39, 0.29) is 0 Å². The van der Waals surface area contributed by atoms with Crippen molar-refractivity contribution in [2.24, 2.45) is 10.2 Å². The topological polar surface area (TPSA) is 85.4 Å². The first-order valence-corrected chi connectivity index (χ1v) is 5.24. The van der Waals surface area contributed by atoms with E-state index < -0.39 is 7.32 Å². The van der Waals surface area contributed by atoms with Crippen LogP contribution in [0.5, 0.6) is 0 Å². The van der Waals surface area contributed by atoms with Crippen molar-refractivity contribution in [2.75, 3.05) is 0 Å². The van der Waals surface area contributed by atoms with E-state index in [2.05, 4.69) is 10.2 Å². The fourth-order valence-corrected chi connectivity index (χ4v) is 1.10. The molecule has 0 bridgehead atoms. The molecule has 0 heterocycles. The van der Waals surface area contributed by atoms with Crippen LogP contribution in [0.4, 0.5) is 11.4 Å². The number of benzene rings is 2. The van der Waals surface area contributed by atoms with Gasteiger partial charge in [-0.15, -0.1) is 0 Å². The molecule has 2 aromatic carbocycles. The molecular formula is C12H13BN2O3. The monoisotopic (exact) mass is 244 g/mol. The van der Waals surface area contributed by atoms with Crippen LogP contribution in [0.1, 0.15) is 0 Å². The SMILES string of the molecule is OB(O)O.c1ccc(N=Nc2ccccc2)cc1. The molecule has 18 heavy (non-hydrogen) atoms. The summed E-state index contributed by atoms with van der Waals surface area (Å²) in [5, 5.41) is 29.7. The maximum atomic E-state index is 7.17. The molecule has 0 spiro atoms. The van der Waals surface area contributed by atoms with Crippen molar-refractivity contribution in [1.29, 1.82) is 0 Å². The third kappa shape index (κ3) is 6.54. The fraction of sp³-hybridized carbons (Fsp3) is 0. The van der Waals surface area contributed by atoms with Crippen LogP contribution >= 0.6 is 0 Å². The first-order chi connectivity index (χ1) is 8.68. The third-order valence-corrected chi connectivity index (χ3v) is 1.79. The van der Waals surface area contributed by atoms with E-state index in [4.69, 9.17) is 15.1 Å². The van der Waals surface area contributed by atoms with E-state index in [1.807, 2.05) is 60.7 Å². The van der Waals surface area contributed by atoms with Crippen LogP contribution < -0.4 is 0 Å². The molecule has 0 amide bonds. The highest BCUT2D eigenvalue weighted by molar-refractivity contribution is 6.30. The van der Waals surface area contributed by atoms with E-state index in [0.717, 1.165) is 11.4 Å². The molecule has 0 atom stereocenters. The normalized spacial score (nSPS) is 9.72. The average Bonchev–Trinajstić information content (AvgIpc) is 2.38. The average molecular weight is 244 g/mol. The summed E-state index contributed by atoms with van der Waals surface area (Å²) in [6.45, 7) is 0. The molecule has 0 radical (unpaired) electrons.